The van der Waals surface area contributed by atoms with Gasteiger partial charge in [0.1, 0.15) is 5.75 Å². The van der Waals surface area contributed by atoms with Crippen molar-refractivity contribution in [3.05, 3.63) is 48.4 Å². The standard InChI is InChI=1S/C22H26N4O5/c1-2-30-18-7-5-17(6-8-18)26-15-16(14-20(26)27)23-22(29)25-11-9-24(10-12-25)21(28)19-4-3-13-31-19/h3-8,13,16H,2,9-12,14-15H2,1H3,(H,23,29)/t16-/m0/s1. The van der Waals surface area contributed by atoms with Crippen LogP contribution >= 0.6 is 0 Å². The van der Waals surface area contributed by atoms with Gasteiger partial charge in [0, 0.05) is 44.8 Å². The summed E-state index contributed by atoms with van der Waals surface area (Å²) in [5, 5.41) is 2.96. The van der Waals surface area contributed by atoms with Crippen molar-refractivity contribution < 1.29 is 23.5 Å². The third kappa shape index (κ3) is 4.65. The van der Waals surface area contributed by atoms with Crippen molar-refractivity contribution in [2.75, 3.05) is 44.2 Å². The Kier molecular flexibility index (Phi) is 6.11. The molecule has 2 saturated heterocycles. The lowest BCUT2D eigenvalue weighted by molar-refractivity contribution is -0.117. The highest BCUT2D eigenvalue weighted by atomic mass is 16.5. The van der Waals surface area contributed by atoms with E-state index in [1.165, 1.54) is 6.26 Å². The topological polar surface area (TPSA) is 95.3 Å². The first-order valence-electron chi connectivity index (χ1n) is 10.5. The summed E-state index contributed by atoms with van der Waals surface area (Å²) in [6.07, 6.45) is 1.73. The van der Waals surface area contributed by atoms with Gasteiger partial charge in [-0.1, -0.05) is 0 Å². The minimum atomic E-state index is -0.255. The van der Waals surface area contributed by atoms with Gasteiger partial charge in [-0.25, -0.2) is 4.79 Å². The van der Waals surface area contributed by atoms with Crippen LogP contribution in [0.4, 0.5) is 10.5 Å². The van der Waals surface area contributed by atoms with E-state index in [-0.39, 0.29) is 30.3 Å². The predicted octanol–water partition coefficient (Wildman–Crippen LogP) is 1.95. The van der Waals surface area contributed by atoms with Crippen LogP contribution in [0.15, 0.2) is 47.1 Å². The molecule has 3 heterocycles. The summed E-state index contributed by atoms with van der Waals surface area (Å²) in [6, 6.07) is 10.2. The van der Waals surface area contributed by atoms with Gasteiger partial charge in [-0.3, -0.25) is 9.59 Å². The molecular formula is C22H26N4O5. The van der Waals surface area contributed by atoms with Gasteiger partial charge >= 0.3 is 6.03 Å². The van der Waals surface area contributed by atoms with E-state index in [0.717, 1.165) is 11.4 Å². The molecule has 1 aromatic heterocycles. The largest absolute Gasteiger partial charge is 0.494 e. The molecule has 2 aliphatic heterocycles. The zero-order valence-electron chi connectivity index (χ0n) is 17.5. The first-order chi connectivity index (χ1) is 15.0. The van der Waals surface area contributed by atoms with Gasteiger partial charge in [0.15, 0.2) is 5.76 Å². The van der Waals surface area contributed by atoms with Crippen LogP contribution in [0.3, 0.4) is 0 Å². The van der Waals surface area contributed by atoms with Gasteiger partial charge in [-0.05, 0) is 43.3 Å². The molecule has 4 rings (SSSR count). The third-order valence-corrected chi connectivity index (χ3v) is 5.50. The molecule has 2 fully saturated rings. The molecule has 164 valence electrons. The number of hydrogen-bond acceptors (Lipinski definition) is 5. The van der Waals surface area contributed by atoms with Crippen LogP contribution in [0.1, 0.15) is 23.9 Å². The summed E-state index contributed by atoms with van der Waals surface area (Å²) in [6.45, 7) is 4.67. The van der Waals surface area contributed by atoms with Gasteiger partial charge in [0.2, 0.25) is 5.91 Å². The number of amides is 4. The van der Waals surface area contributed by atoms with Gasteiger partial charge in [0.25, 0.3) is 5.91 Å². The van der Waals surface area contributed by atoms with Crippen LogP contribution in [0.5, 0.6) is 5.75 Å². The average Bonchev–Trinajstić information content (AvgIpc) is 3.44. The van der Waals surface area contributed by atoms with Crippen molar-refractivity contribution in [1.29, 1.82) is 0 Å². The lowest BCUT2D eigenvalue weighted by atomic mass is 10.2. The Labute approximate surface area is 180 Å². The van der Waals surface area contributed by atoms with E-state index in [0.29, 0.717) is 45.1 Å². The number of ether oxygens (including phenoxy) is 1. The fourth-order valence-corrected chi connectivity index (χ4v) is 3.88. The fourth-order valence-electron chi connectivity index (χ4n) is 3.88. The van der Waals surface area contributed by atoms with E-state index in [4.69, 9.17) is 9.15 Å². The molecule has 1 aromatic carbocycles. The van der Waals surface area contributed by atoms with Crippen molar-refractivity contribution in [2.24, 2.45) is 0 Å². The second-order valence-corrected chi connectivity index (χ2v) is 7.54. The minimum Gasteiger partial charge on any atom is -0.494 e. The molecule has 0 spiro atoms. The Morgan fingerprint density at radius 3 is 2.45 bits per heavy atom. The van der Waals surface area contributed by atoms with E-state index in [1.807, 2.05) is 31.2 Å². The Balaban J connectivity index is 1.27. The van der Waals surface area contributed by atoms with Gasteiger partial charge < -0.3 is 29.2 Å². The number of urea groups is 1. The van der Waals surface area contributed by atoms with Crippen molar-refractivity contribution >= 4 is 23.5 Å². The summed E-state index contributed by atoms with van der Waals surface area (Å²) in [4.78, 5) is 42.5. The maximum Gasteiger partial charge on any atom is 0.317 e. The van der Waals surface area contributed by atoms with Crippen LogP contribution in [0, 0.1) is 0 Å². The summed E-state index contributed by atoms with van der Waals surface area (Å²) in [5.74, 6) is 0.866. The first kappa shape index (κ1) is 20.8. The average molecular weight is 426 g/mol. The number of benzene rings is 1. The Hall–Kier alpha value is -3.49. The highest BCUT2D eigenvalue weighted by molar-refractivity contribution is 5.97. The van der Waals surface area contributed by atoms with Crippen molar-refractivity contribution in [3.8, 4) is 5.75 Å². The predicted molar refractivity (Wildman–Crippen MR) is 113 cm³/mol. The number of rotatable bonds is 5. The minimum absolute atomic E-state index is 0.0247. The van der Waals surface area contributed by atoms with E-state index in [9.17, 15) is 14.4 Å². The van der Waals surface area contributed by atoms with Crippen LogP contribution < -0.4 is 15.0 Å². The molecular weight excluding hydrogens is 400 g/mol. The lowest BCUT2D eigenvalue weighted by Gasteiger charge is -2.34. The number of carbonyl (C=O) groups is 3. The quantitative estimate of drug-likeness (QED) is 0.789. The molecule has 9 heteroatoms. The van der Waals surface area contributed by atoms with Crippen molar-refractivity contribution in [3.63, 3.8) is 0 Å². The van der Waals surface area contributed by atoms with Gasteiger partial charge in [0.05, 0.1) is 18.9 Å². The third-order valence-electron chi connectivity index (χ3n) is 5.50. The summed E-state index contributed by atoms with van der Waals surface area (Å²) >= 11 is 0. The van der Waals surface area contributed by atoms with Crippen molar-refractivity contribution in [1.82, 2.24) is 15.1 Å². The number of carbonyl (C=O) groups excluding carboxylic acids is 3. The Morgan fingerprint density at radius 1 is 1.10 bits per heavy atom. The molecule has 0 bridgehead atoms. The van der Waals surface area contributed by atoms with E-state index >= 15 is 0 Å². The Bertz CT molecular complexity index is 920. The van der Waals surface area contributed by atoms with Crippen LogP contribution in [-0.4, -0.2) is 73.0 Å². The second kappa shape index (κ2) is 9.11. The van der Waals surface area contributed by atoms with Crippen LogP contribution in [-0.2, 0) is 4.79 Å². The Morgan fingerprint density at radius 2 is 1.81 bits per heavy atom. The fraction of sp³-hybridized carbons (Fsp3) is 0.409. The number of furan rings is 1. The first-order valence-corrected chi connectivity index (χ1v) is 10.5. The number of piperazine rings is 1. The van der Waals surface area contributed by atoms with E-state index in [2.05, 4.69) is 5.32 Å². The van der Waals surface area contributed by atoms with E-state index in [1.54, 1.807) is 26.8 Å². The summed E-state index contributed by atoms with van der Waals surface area (Å²) < 4.78 is 10.6. The zero-order valence-corrected chi connectivity index (χ0v) is 17.5. The molecule has 1 atom stereocenters. The number of anilines is 1. The lowest BCUT2D eigenvalue weighted by Crippen LogP contribution is -2.54. The monoisotopic (exact) mass is 426 g/mol. The summed E-state index contributed by atoms with van der Waals surface area (Å²) in [7, 11) is 0. The second-order valence-electron chi connectivity index (χ2n) is 7.54. The smallest absolute Gasteiger partial charge is 0.317 e. The normalized spacial score (nSPS) is 18.9. The number of nitrogens with zero attached hydrogens (tertiary/aromatic N) is 3. The van der Waals surface area contributed by atoms with Crippen molar-refractivity contribution in [2.45, 2.75) is 19.4 Å². The molecule has 0 unspecified atom stereocenters. The molecule has 4 amide bonds. The highest BCUT2D eigenvalue weighted by Crippen LogP contribution is 2.24. The maximum atomic E-state index is 12.7. The molecule has 9 nitrogen and oxygen atoms in total. The van der Waals surface area contributed by atoms with E-state index < -0.39 is 0 Å². The number of hydrogen-bond donors (Lipinski definition) is 1. The van der Waals surface area contributed by atoms with Crippen LogP contribution in [0.25, 0.3) is 0 Å². The molecule has 31 heavy (non-hydrogen) atoms. The summed E-state index contributed by atoms with van der Waals surface area (Å²) in [5.41, 5.74) is 0.787. The van der Waals surface area contributed by atoms with Gasteiger partial charge in [-0.15, -0.1) is 0 Å². The van der Waals surface area contributed by atoms with Gasteiger partial charge in [-0.2, -0.15) is 0 Å². The molecule has 2 aromatic rings. The van der Waals surface area contributed by atoms with Crippen LogP contribution in [0.2, 0.25) is 0 Å². The zero-order chi connectivity index (χ0) is 21.8. The highest BCUT2D eigenvalue weighted by Gasteiger charge is 2.33. The molecule has 0 radical (unpaired) electrons. The molecule has 1 N–H and O–H groups in total. The SMILES string of the molecule is CCOc1ccc(N2C[C@@H](NC(=O)N3CCN(C(=O)c4ccco4)CC3)CC2=O)cc1. The molecule has 2 aliphatic rings. The molecule has 0 aliphatic carbocycles. The number of nitrogens with one attached hydrogen (secondary N) is 1. The maximum absolute atomic E-state index is 12.7. The molecule has 0 saturated carbocycles.